The summed E-state index contributed by atoms with van der Waals surface area (Å²) in [6.45, 7) is 3.89. The SMILES string of the molecule is O=C(O)CCN1CCN(C2=Nc3ccccc3Sc3ccc(Cl)cc32)CC1. The number of aliphatic imine (C=N–C) groups is 1. The highest BCUT2D eigenvalue weighted by molar-refractivity contribution is 7.99. The molecule has 2 heterocycles. The summed E-state index contributed by atoms with van der Waals surface area (Å²) in [5.74, 6) is 0.200. The molecule has 27 heavy (non-hydrogen) atoms. The van der Waals surface area contributed by atoms with Crippen LogP contribution in [0.15, 0.2) is 57.2 Å². The maximum atomic E-state index is 10.8. The Labute approximate surface area is 167 Å². The highest BCUT2D eigenvalue weighted by Gasteiger charge is 2.25. The van der Waals surface area contributed by atoms with Gasteiger partial charge in [-0.15, -0.1) is 0 Å². The minimum Gasteiger partial charge on any atom is -0.481 e. The molecular weight excluding hydrogens is 382 g/mol. The highest BCUT2D eigenvalue weighted by atomic mass is 35.5. The number of aliphatic carboxylic acids is 1. The number of benzene rings is 2. The van der Waals surface area contributed by atoms with E-state index in [0.29, 0.717) is 11.6 Å². The first-order valence-electron chi connectivity index (χ1n) is 8.95. The second kappa shape index (κ2) is 7.92. The van der Waals surface area contributed by atoms with Crippen LogP contribution in [0.2, 0.25) is 5.02 Å². The molecule has 1 saturated heterocycles. The third-order valence-electron chi connectivity index (χ3n) is 4.81. The number of carboxylic acid groups (broad SMARTS) is 1. The summed E-state index contributed by atoms with van der Waals surface area (Å²) >= 11 is 8.01. The van der Waals surface area contributed by atoms with Crippen molar-refractivity contribution in [2.24, 2.45) is 4.99 Å². The predicted octanol–water partition coefficient (Wildman–Crippen LogP) is 3.98. The van der Waals surface area contributed by atoms with E-state index in [9.17, 15) is 4.79 Å². The zero-order valence-electron chi connectivity index (χ0n) is 14.8. The van der Waals surface area contributed by atoms with E-state index in [2.05, 4.69) is 21.9 Å². The van der Waals surface area contributed by atoms with Crippen LogP contribution in [0.3, 0.4) is 0 Å². The third-order valence-corrected chi connectivity index (χ3v) is 6.18. The number of halogens is 1. The second-order valence-electron chi connectivity index (χ2n) is 6.62. The van der Waals surface area contributed by atoms with Crippen LogP contribution in [0.1, 0.15) is 12.0 Å². The number of rotatable bonds is 3. The Kier molecular flexibility index (Phi) is 5.38. The zero-order chi connectivity index (χ0) is 18.8. The average molecular weight is 402 g/mol. The monoisotopic (exact) mass is 401 g/mol. The largest absolute Gasteiger partial charge is 0.481 e. The van der Waals surface area contributed by atoms with Crippen LogP contribution >= 0.6 is 23.4 Å². The highest BCUT2D eigenvalue weighted by Crippen LogP contribution is 2.41. The fourth-order valence-corrected chi connectivity index (χ4v) is 4.54. The van der Waals surface area contributed by atoms with E-state index in [-0.39, 0.29) is 6.42 Å². The third kappa shape index (κ3) is 4.13. The van der Waals surface area contributed by atoms with Gasteiger partial charge >= 0.3 is 5.97 Å². The smallest absolute Gasteiger partial charge is 0.304 e. The van der Waals surface area contributed by atoms with Crippen molar-refractivity contribution in [3.05, 3.63) is 53.1 Å². The molecule has 0 unspecified atom stereocenters. The van der Waals surface area contributed by atoms with Crippen molar-refractivity contribution < 1.29 is 9.90 Å². The molecule has 1 fully saturated rings. The summed E-state index contributed by atoms with van der Waals surface area (Å²) in [5.41, 5.74) is 2.03. The fourth-order valence-electron chi connectivity index (χ4n) is 3.37. The molecule has 2 aromatic rings. The fraction of sp³-hybridized carbons (Fsp3) is 0.300. The van der Waals surface area contributed by atoms with Gasteiger partial charge in [-0.05, 0) is 30.3 Å². The summed E-state index contributed by atoms with van der Waals surface area (Å²) in [5, 5.41) is 9.59. The lowest BCUT2D eigenvalue weighted by atomic mass is 10.1. The van der Waals surface area contributed by atoms with E-state index in [1.54, 1.807) is 11.8 Å². The topological polar surface area (TPSA) is 56.1 Å². The van der Waals surface area contributed by atoms with Crippen molar-refractivity contribution >= 4 is 40.9 Å². The maximum Gasteiger partial charge on any atom is 0.304 e. The first-order valence-corrected chi connectivity index (χ1v) is 10.1. The molecule has 5 nitrogen and oxygen atoms in total. The average Bonchev–Trinajstić information content (AvgIpc) is 2.83. The van der Waals surface area contributed by atoms with Crippen LogP contribution in [0.5, 0.6) is 0 Å². The number of para-hydroxylation sites is 1. The molecule has 140 valence electrons. The summed E-state index contributed by atoms with van der Waals surface area (Å²) in [6.07, 6.45) is 0.184. The van der Waals surface area contributed by atoms with E-state index < -0.39 is 5.97 Å². The van der Waals surface area contributed by atoms with Gasteiger partial charge in [0.05, 0.1) is 12.1 Å². The van der Waals surface area contributed by atoms with E-state index in [1.807, 2.05) is 30.3 Å². The first-order chi connectivity index (χ1) is 13.1. The van der Waals surface area contributed by atoms with Gasteiger partial charge in [0.2, 0.25) is 0 Å². The Morgan fingerprint density at radius 3 is 2.67 bits per heavy atom. The minimum absolute atomic E-state index is 0.184. The molecule has 1 N–H and O–H groups in total. The molecule has 2 aliphatic heterocycles. The lowest BCUT2D eigenvalue weighted by Gasteiger charge is -2.36. The molecule has 7 heteroatoms. The van der Waals surface area contributed by atoms with Crippen molar-refractivity contribution in [1.29, 1.82) is 0 Å². The number of amidine groups is 1. The maximum absolute atomic E-state index is 10.8. The van der Waals surface area contributed by atoms with Gasteiger partial charge in [-0.1, -0.05) is 35.5 Å². The van der Waals surface area contributed by atoms with Crippen LogP contribution in [0.4, 0.5) is 5.69 Å². The van der Waals surface area contributed by atoms with Crippen molar-refractivity contribution in [2.45, 2.75) is 16.2 Å². The van der Waals surface area contributed by atoms with Gasteiger partial charge in [-0.3, -0.25) is 9.69 Å². The van der Waals surface area contributed by atoms with Gasteiger partial charge in [0.1, 0.15) is 5.84 Å². The number of hydrogen-bond acceptors (Lipinski definition) is 5. The van der Waals surface area contributed by atoms with E-state index in [1.165, 1.54) is 0 Å². The number of hydrogen-bond donors (Lipinski definition) is 1. The molecule has 0 saturated carbocycles. The van der Waals surface area contributed by atoms with Gasteiger partial charge in [0.25, 0.3) is 0 Å². The lowest BCUT2D eigenvalue weighted by molar-refractivity contribution is -0.137. The van der Waals surface area contributed by atoms with Crippen molar-refractivity contribution in [3.63, 3.8) is 0 Å². The first kappa shape index (κ1) is 18.3. The number of carbonyl (C=O) groups is 1. The Hall–Kier alpha value is -2.02. The standard InChI is InChI=1S/C20H20ClN3O2S/c21-14-5-6-17-15(13-14)20(22-16-3-1-2-4-18(16)27-17)24-11-9-23(10-12-24)8-7-19(25)26/h1-6,13H,7-12H2,(H,25,26). The van der Waals surface area contributed by atoms with E-state index in [4.69, 9.17) is 21.7 Å². The second-order valence-corrected chi connectivity index (χ2v) is 8.14. The van der Waals surface area contributed by atoms with Crippen molar-refractivity contribution in [1.82, 2.24) is 9.80 Å². The summed E-state index contributed by atoms with van der Waals surface area (Å²) in [7, 11) is 0. The van der Waals surface area contributed by atoms with Gasteiger partial charge in [0, 0.05) is 53.1 Å². The van der Waals surface area contributed by atoms with E-state index in [0.717, 1.165) is 53.1 Å². The van der Waals surface area contributed by atoms with Crippen molar-refractivity contribution in [2.75, 3.05) is 32.7 Å². The Morgan fingerprint density at radius 2 is 1.89 bits per heavy atom. The van der Waals surface area contributed by atoms with E-state index >= 15 is 0 Å². The molecule has 0 radical (unpaired) electrons. The summed E-state index contributed by atoms with van der Waals surface area (Å²) in [6, 6.07) is 14.1. The number of carboxylic acids is 1. The minimum atomic E-state index is -0.747. The molecule has 4 rings (SSSR count). The molecule has 2 aliphatic rings. The molecular formula is C20H20ClN3O2S. The molecule has 0 amide bonds. The van der Waals surface area contributed by atoms with Gasteiger partial charge in [-0.25, -0.2) is 4.99 Å². The quantitative estimate of drug-likeness (QED) is 0.843. The van der Waals surface area contributed by atoms with Gasteiger partial charge in [0.15, 0.2) is 0 Å². The Balaban J connectivity index is 1.62. The normalized spacial score (nSPS) is 16.9. The lowest BCUT2D eigenvalue weighted by Crippen LogP contribution is -2.49. The molecule has 0 aliphatic carbocycles. The van der Waals surface area contributed by atoms with Crippen LogP contribution < -0.4 is 0 Å². The number of nitrogens with zero attached hydrogens (tertiary/aromatic N) is 3. The summed E-state index contributed by atoms with van der Waals surface area (Å²) in [4.78, 5) is 22.6. The Bertz CT molecular complexity index is 895. The Morgan fingerprint density at radius 1 is 1.11 bits per heavy atom. The van der Waals surface area contributed by atoms with Crippen LogP contribution in [-0.4, -0.2) is 59.4 Å². The van der Waals surface area contributed by atoms with Crippen molar-refractivity contribution in [3.8, 4) is 0 Å². The van der Waals surface area contributed by atoms with Crippen LogP contribution in [0.25, 0.3) is 0 Å². The van der Waals surface area contributed by atoms with Gasteiger partial charge in [-0.2, -0.15) is 0 Å². The molecule has 2 aromatic carbocycles. The van der Waals surface area contributed by atoms with Crippen LogP contribution in [0, 0.1) is 0 Å². The molecule has 0 aromatic heterocycles. The van der Waals surface area contributed by atoms with Crippen LogP contribution in [-0.2, 0) is 4.79 Å². The number of fused-ring (bicyclic) bond motifs is 2. The molecule has 0 atom stereocenters. The number of piperazine rings is 1. The predicted molar refractivity (Wildman–Crippen MR) is 108 cm³/mol. The molecule has 0 spiro atoms. The van der Waals surface area contributed by atoms with Gasteiger partial charge < -0.3 is 10.0 Å². The zero-order valence-corrected chi connectivity index (χ0v) is 16.3. The summed E-state index contributed by atoms with van der Waals surface area (Å²) < 4.78 is 0. The molecule has 0 bridgehead atoms.